The van der Waals surface area contributed by atoms with E-state index in [2.05, 4.69) is 5.32 Å². The van der Waals surface area contributed by atoms with Crippen LogP contribution in [0.1, 0.15) is 22.3 Å². The van der Waals surface area contributed by atoms with Crippen LogP contribution in [0.4, 0.5) is 0 Å². The Hall–Kier alpha value is -2.47. The van der Waals surface area contributed by atoms with Gasteiger partial charge in [-0.05, 0) is 30.5 Å². The van der Waals surface area contributed by atoms with E-state index >= 15 is 0 Å². The summed E-state index contributed by atoms with van der Waals surface area (Å²) < 4.78 is 16.6. The second kappa shape index (κ2) is 9.74. The van der Waals surface area contributed by atoms with Crippen molar-refractivity contribution in [2.24, 2.45) is 0 Å². The predicted molar refractivity (Wildman–Crippen MR) is 96.8 cm³/mol. The van der Waals surface area contributed by atoms with Gasteiger partial charge in [0.25, 0.3) is 5.91 Å². The van der Waals surface area contributed by atoms with Crippen molar-refractivity contribution in [2.75, 3.05) is 19.4 Å². The number of carbonyl (C=O) groups excluding carboxylic acids is 2. The van der Waals surface area contributed by atoms with Crippen LogP contribution in [0.5, 0.6) is 0 Å². The zero-order valence-corrected chi connectivity index (χ0v) is 14.9. The standard InChI is InChI=1S/C19H21NO4S/c1-25(23)17-12-6-5-11-16(17)19(22)24-14-18(21)20-13-7-10-15-8-3-2-4-9-15/h2-6,8-9,11-12H,7,10,13-14H2,1H3,(H,20,21)/t25-/m1/s1. The van der Waals surface area contributed by atoms with E-state index in [1.165, 1.54) is 17.9 Å². The Morgan fingerprint density at radius 2 is 1.72 bits per heavy atom. The Morgan fingerprint density at radius 1 is 1.04 bits per heavy atom. The van der Waals surface area contributed by atoms with Gasteiger partial charge in [0.2, 0.25) is 0 Å². The first kappa shape index (κ1) is 18.9. The Bertz CT molecular complexity index is 746. The Morgan fingerprint density at radius 3 is 2.44 bits per heavy atom. The van der Waals surface area contributed by atoms with Crippen LogP contribution >= 0.6 is 0 Å². The van der Waals surface area contributed by atoms with Crippen molar-refractivity contribution in [1.29, 1.82) is 0 Å². The van der Waals surface area contributed by atoms with Crippen molar-refractivity contribution < 1.29 is 18.5 Å². The van der Waals surface area contributed by atoms with Gasteiger partial charge in [0.05, 0.1) is 21.3 Å². The first-order chi connectivity index (χ1) is 12.1. The first-order valence-corrected chi connectivity index (χ1v) is 9.54. The van der Waals surface area contributed by atoms with Crippen LogP contribution < -0.4 is 5.32 Å². The number of nitrogens with one attached hydrogen (secondary N) is 1. The van der Waals surface area contributed by atoms with Gasteiger partial charge in [-0.15, -0.1) is 0 Å². The molecule has 2 aromatic carbocycles. The highest BCUT2D eigenvalue weighted by atomic mass is 32.2. The van der Waals surface area contributed by atoms with E-state index in [4.69, 9.17) is 4.74 Å². The lowest BCUT2D eigenvalue weighted by atomic mass is 10.1. The highest BCUT2D eigenvalue weighted by molar-refractivity contribution is 7.84. The lowest BCUT2D eigenvalue weighted by Crippen LogP contribution is -2.30. The molecule has 0 bridgehead atoms. The van der Waals surface area contributed by atoms with Crippen molar-refractivity contribution in [3.05, 3.63) is 65.7 Å². The van der Waals surface area contributed by atoms with Gasteiger partial charge in [-0.2, -0.15) is 0 Å². The molecule has 25 heavy (non-hydrogen) atoms. The normalized spacial score (nSPS) is 11.6. The summed E-state index contributed by atoms with van der Waals surface area (Å²) in [6, 6.07) is 16.5. The summed E-state index contributed by atoms with van der Waals surface area (Å²) in [5, 5.41) is 2.72. The minimum atomic E-state index is -1.30. The third-order valence-electron chi connectivity index (χ3n) is 3.56. The van der Waals surface area contributed by atoms with Gasteiger partial charge in [0.15, 0.2) is 6.61 Å². The largest absolute Gasteiger partial charge is 0.452 e. The third-order valence-corrected chi connectivity index (χ3v) is 4.53. The Balaban J connectivity index is 1.73. The monoisotopic (exact) mass is 359 g/mol. The molecule has 6 heteroatoms. The van der Waals surface area contributed by atoms with Crippen LogP contribution in [0.15, 0.2) is 59.5 Å². The third kappa shape index (κ3) is 6.15. The van der Waals surface area contributed by atoms with Crippen molar-refractivity contribution >= 4 is 22.7 Å². The highest BCUT2D eigenvalue weighted by Crippen LogP contribution is 2.13. The molecule has 0 aliphatic rings. The summed E-state index contributed by atoms with van der Waals surface area (Å²) >= 11 is 0. The molecule has 0 aromatic heterocycles. The van der Waals surface area contributed by atoms with E-state index in [0.29, 0.717) is 11.4 Å². The summed E-state index contributed by atoms with van der Waals surface area (Å²) in [4.78, 5) is 24.2. The van der Waals surface area contributed by atoms with Gasteiger partial charge >= 0.3 is 5.97 Å². The van der Waals surface area contributed by atoms with Gasteiger partial charge in [0, 0.05) is 12.8 Å². The average Bonchev–Trinajstić information content (AvgIpc) is 2.64. The fourth-order valence-corrected chi connectivity index (χ4v) is 3.04. The second-order valence-corrected chi connectivity index (χ2v) is 6.81. The minimum absolute atomic E-state index is 0.222. The van der Waals surface area contributed by atoms with Gasteiger partial charge < -0.3 is 10.1 Å². The van der Waals surface area contributed by atoms with Crippen molar-refractivity contribution in [1.82, 2.24) is 5.32 Å². The first-order valence-electron chi connectivity index (χ1n) is 7.98. The summed E-state index contributed by atoms with van der Waals surface area (Å²) in [6.07, 6.45) is 3.17. The van der Waals surface area contributed by atoms with E-state index in [0.717, 1.165) is 12.8 Å². The van der Waals surface area contributed by atoms with Gasteiger partial charge in [0.1, 0.15) is 0 Å². The lowest BCUT2D eigenvalue weighted by molar-refractivity contribution is -0.124. The van der Waals surface area contributed by atoms with E-state index < -0.39 is 16.8 Å². The predicted octanol–water partition coefficient (Wildman–Crippen LogP) is 2.33. The molecule has 1 amide bonds. The van der Waals surface area contributed by atoms with Gasteiger partial charge in [-0.3, -0.25) is 9.00 Å². The number of hydrogen-bond acceptors (Lipinski definition) is 4. The molecule has 0 aliphatic carbocycles. The summed E-state index contributed by atoms with van der Waals surface area (Å²) in [6.45, 7) is 0.162. The summed E-state index contributed by atoms with van der Waals surface area (Å²) in [5.74, 6) is -0.998. The number of amides is 1. The maximum atomic E-state index is 12.1. The number of rotatable bonds is 8. The van der Waals surface area contributed by atoms with E-state index in [-0.39, 0.29) is 18.1 Å². The number of hydrogen-bond donors (Lipinski definition) is 1. The van der Waals surface area contributed by atoms with Gasteiger partial charge in [-0.25, -0.2) is 4.79 Å². The van der Waals surface area contributed by atoms with Crippen LogP contribution in [0.25, 0.3) is 0 Å². The fraction of sp³-hybridized carbons (Fsp3) is 0.263. The molecule has 0 saturated carbocycles. The molecule has 0 saturated heterocycles. The molecular formula is C19H21NO4S. The SMILES string of the molecule is C[S@@](=O)c1ccccc1C(=O)OCC(=O)NCCCc1ccccc1. The van der Waals surface area contributed by atoms with Crippen molar-refractivity contribution in [3.63, 3.8) is 0 Å². The molecule has 1 N–H and O–H groups in total. The minimum Gasteiger partial charge on any atom is -0.452 e. The molecule has 0 fully saturated rings. The van der Waals surface area contributed by atoms with E-state index in [9.17, 15) is 13.8 Å². The number of benzene rings is 2. The molecule has 0 radical (unpaired) electrons. The van der Waals surface area contributed by atoms with Crippen LogP contribution in [0.2, 0.25) is 0 Å². The number of ether oxygens (including phenoxy) is 1. The molecule has 5 nitrogen and oxygen atoms in total. The molecule has 2 aromatic rings. The second-order valence-electron chi connectivity index (χ2n) is 5.47. The quantitative estimate of drug-likeness (QED) is 0.580. The number of carbonyl (C=O) groups is 2. The molecule has 1 atom stereocenters. The molecule has 0 spiro atoms. The molecule has 2 rings (SSSR count). The fourth-order valence-electron chi connectivity index (χ4n) is 2.31. The average molecular weight is 359 g/mol. The van der Waals surface area contributed by atoms with E-state index in [1.54, 1.807) is 18.2 Å². The van der Waals surface area contributed by atoms with Crippen molar-refractivity contribution in [3.8, 4) is 0 Å². The summed E-state index contributed by atoms with van der Waals surface area (Å²) in [5.41, 5.74) is 1.44. The topological polar surface area (TPSA) is 72.5 Å². The molecule has 132 valence electrons. The van der Waals surface area contributed by atoms with Crippen molar-refractivity contribution in [2.45, 2.75) is 17.7 Å². The molecular weight excluding hydrogens is 338 g/mol. The van der Waals surface area contributed by atoms with E-state index in [1.807, 2.05) is 30.3 Å². The Kier molecular flexibility index (Phi) is 7.35. The highest BCUT2D eigenvalue weighted by Gasteiger charge is 2.15. The maximum absolute atomic E-state index is 12.1. The number of esters is 1. The van der Waals surface area contributed by atoms with Crippen LogP contribution in [-0.4, -0.2) is 35.5 Å². The van der Waals surface area contributed by atoms with Gasteiger partial charge in [-0.1, -0.05) is 42.5 Å². The molecule has 0 heterocycles. The van der Waals surface area contributed by atoms with Crippen LogP contribution in [-0.2, 0) is 26.8 Å². The zero-order valence-electron chi connectivity index (χ0n) is 14.1. The Labute approximate surface area is 149 Å². The summed E-state index contributed by atoms with van der Waals surface area (Å²) in [7, 11) is -1.30. The maximum Gasteiger partial charge on any atom is 0.339 e. The van der Waals surface area contributed by atoms with Crippen LogP contribution in [0.3, 0.4) is 0 Å². The smallest absolute Gasteiger partial charge is 0.339 e. The lowest BCUT2D eigenvalue weighted by Gasteiger charge is -2.08. The van der Waals surface area contributed by atoms with Crippen LogP contribution in [0, 0.1) is 0 Å². The zero-order chi connectivity index (χ0) is 18.1. The number of aryl methyl sites for hydroxylation is 1. The molecule has 0 unspecified atom stereocenters. The molecule has 0 aliphatic heterocycles.